The number of hydrogen-bond donors (Lipinski definition) is 0. The number of fused-ring (bicyclic) bond motifs is 18. The standard InChI is InChI=1S/C46H30N4.2C45H29N5/c1-4-13-31(14-5-1)40-29-36(30-41(48-40)32-15-6-2-7-16-32)50-44-25-23-34(28-39(44)46-45(50)21-12-26-47-46)33-22-24-43-38(27-33)37-19-10-11-20-42(37)49(43)35-17-8-3-9-18-35;1-4-13-30(14-5-1)38-29-39(31-15-6-2-7-16-31)48-45(47-38)50-41-25-23-32(27-37(41)44-42(50)21-12-26-46-44)33-22-24-36-35-19-10-11-20-40(35)49(43(36)28-33)34-17-8-3-9-18-34;1-4-13-30(14-5-1)43-42(29-47-45(48-43)31-15-6-2-7-16-31)50-39-25-23-32(27-37(39)44-40(50)21-12-26-46-44)33-22-24-36-35-19-10-11-20-38(35)49(41(36)28-33)34-17-8-3-9-18-34/h1-30H;2*1-29H. The molecule has 0 bridgehead atoms. The van der Waals surface area contributed by atoms with Crippen LogP contribution in [0.15, 0.2) is 534 Å². The van der Waals surface area contributed by atoms with Crippen molar-refractivity contribution in [3.8, 4) is 135 Å². The Morgan fingerprint density at radius 2 is 0.427 bits per heavy atom. The maximum atomic E-state index is 5.17. The highest BCUT2D eigenvalue weighted by Crippen LogP contribution is 2.46. The molecular weight excluding hydrogens is 1830 g/mol. The fourth-order valence-corrected chi connectivity index (χ4v) is 22.1. The van der Waals surface area contributed by atoms with Gasteiger partial charge in [0.1, 0.15) is 0 Å². The summed E-state index contributed by atoms with van der Waals surface area (Å²) in [7, 11) is 0. The van der Waals surface area contributed by atoms with Gasteiger partial charge in [-0.3, -0.25) is 19.5 Å². The molecule has 0 aliphatic rings. The Morgan fingerprint density at radius 1 is 0.147 bits per heavy atom. The molecule has 0 N–H and O–H groups in total. The van der Waals surface area contributed by atoms with Gasteiger partial charge in [0.05, 0.1) is 129 Å². The molecule has 702 valence electrons. The average Bonchev–Trinajstić information content (AvgIpc) is 1.58. The predicted molar refractivity (Wildman–Crippen MR) is 617 cm³/mol. The van der Waals surface area contributed by atoms with E-state index in [1.165, 1.54) is 71.0 Å². The number of nitrogens with zero attached hydrogens (tertiary/aromatic N) is 14. The lowest BCUT2D eigenvalue weighted by molar-refractivity contribution is 0.994. The lowest BCUT2D eigenvalue weighted by Crippen LogP contribution is -2.04. The first-order valence-corrected chi connectivity index (χ1v) is 50.5. The molecule has 12 aromatic heterocycles. The number of pyridine rings is 4. The predicted octanol–water partition coefficient (Wildman–Crippen LogP) is 33.8. The summed E-state index contributed by atoms with van der Waals surface area (Å²) in [5.74, 6) is 1.30. The van der Waals surface area contributed by atoms with Crippen LogP contribution >= 0.6 is 0 Å². The molecule has 0 fully saturated rings. The second kappa shape index (κ2) is 37.0. The van der Waals surface area contributed by atoms with Crippen LogP contribution < -0.4 is 0 Å². The van der Waals surface area contributed by atoms with E-state index in [1.807, 2.05) is 128 Å². The van der Waals surface area contributed by atoms with Crippen LogP contribution in [0.4, 0.5) is 0 Å². The fraction of sp³-hybridized carbons (Fsp3) is 0. The van der Waals surface area contributed by atoms with Crippen LogP contribution in [0.5, 0.6) is 0 Å². The Bertz CT molecular complexity index is 10300. The molecule has 0 aliphatic heterocycles. The Hall–Kier alpha value is -20.5. The summed E-state index contributed by atoms with van der Waals surface area (Å²) >= 11 is 0. The molecule has 150 heavy (non-hydrogen) atoms. The maximum absolute atomic E-state index is 5.17. The van der Waals surface area contributed by atoms with Gasteiger partial charge in [0.2, 0.25) is 5.95 Å². The minimum Gasteiger partial charge on any atom is -0.309 e. The molecule has 0 radical (unpaired) electrons. The zero-order valence-electron chi connectivity index (χ0n) is 81.1. The molecule has 0 spiro atoms. The van der Waals surface area contributed by atoms with Gasteiger partial charge in [-0.2, -0.15) is 0 Å². The van der Waals surface area contributed by atoms with Gasteiger partial charge in [-0.25, -0.2) is 24.9 Å². The van der Waals surface area contributed by atoms with Gasteiger partial charge in [-0.15, -0.1) is 0 Å². The van der Waals surface area contributed by atoms with Crippen molar-refractivity contribution in [1.82, 2.24) is 67.3 Å². The first-order chi connectivity index (χ1) is 74.4. The molecule has 0 unspecified atom stereocenters. The Labute approximate surface area is 862 Å². The second-order valence-corrected chi connectivity index (χ2v) is 37.7. The van der Waals surface area contributed by atoms with Gasteiger partial charge < -0.3 is 22.8 Å². The van der Waals surface area contributed by atoms with E-state index < -0.39 is 0 Å². The number of benzene rings is 18. The molecule has 0 aliphatic carbocycles. The van der Waals surface area contributed by atoms with E-state index in [0.717, 1.165) is 184 Å². The van der Waals surface area contributed by atoms with Crippen molar-refractivity contribution in [2.45, 2.75) is 0 Å². The Kier molecular flexibility index (Phi) is 21.6. The van der Waals surface area contributed by atoms with E-state index in [1.54, 1.807) is 0 Å². The summed E-state index contributed by atoms with van der Waals surface area (Å²) < 4.78 is 13.8. The molecule has 30 rings (SSSR count). The molecular formula is C136H88N14. The normalized spacial score (nSPS) is 11.6. The third kappa shape index (κ3) is 15.4. The number of hydrogen-bond acceptors (Lipinski definition) is 8. The minimum atomic E-state index is 0.611. The smallest absolute Gasteiger partial charge is 0.235 e. The summed E-state index contributed by atoms with van der Waals surface area (Å²) in [4.78, 5) is 40.3. The van der Waals surface area contributed by atoms with Crippen molar-refractivity contribution >= 4 is 131 Å². The van der Waals surface area contributed by atoms with E-state index in [-0.39, 0.29) is 0 Å². The van der Waals surface area contributed by atoms with Crippen molar-refractivity contribution in [2.24, 2.45) is 0 Å². The summed E-state index contributed by atoms with van der Waals surface area (Å²) in [6, 6.07) is 179. The van der Waals surface area contributed by atoms with Crippen LogP contribution in [-0.4, -0.2) is 67.3 Å². The fourth-order valence-electron chi connectivity index (χ4n) is 22.1. The minimum absolute atomic E-state index is 0.611. The third-order valence-corrected chi connectivity index (χ3v) is 29.0. The van der Waals surface area contributed by atoms with E-state index in [9.17, 15) is 0 Å². The van der Waals surface area contributed by atoms with Gasteiger partial charge >= 0.3 is 0 Å². The number of aromatic nitrogens is 14. The first kappa shape index (κ1) is 87.3. The zero-order valence-corrected chi connectivity index (χ0v) is 81.1. The lowest BCUT2D eigenvalue weighted by Gasteiger charge is -2.14. The highest BCUT2D eigenvalue weighted by atomic mass is 15.2. The molecule has 0 atom stereocenters. The van der Waals surface area contributed by atoms with Crippen LogP contribution in [0.1, 0.15) is 0 Å². The molecule has 14 heteroatoms. The van der Waals surface area contributed by atoms with Crippen LogP contribution in [-0.2, 0) is 0 Å². The summed E-state index contributed by atoms with van der Waals surface area (Å²) in [5.41, 5.74) is 39.2. The summed E-state index contributed by atoms with van der Waals surface area (Å²) in [6.07, 6.45) is 7.57. The molecule has 0 saturated carbocycles. The van der Waals surface area contributed by atoms with Crippen molar-refractivity contribution in [3.63, 3.8) is 0 Å². The van der Waals surface area contributed by atoms with Crippen molar-refractivity contribution in [2.75, 3.05) is 0 Å². The van der Waals surface area contributed by atoms with Crippen LogP contribution in [0.25, 0.3) is 267 Å². The molecule has 0 amide bonds. The van der Waals surface area contributed by atoms with Crippen molar-refractivity contribution in [3.05, 3.63) is 534 Å². The largest absolute Gasteiger partial charge is 0.309 e. The Morgan fingerprint density at radius 3 is 0.840 bits per heavy atom. The Balaban J connectivity index is 0.000000108. The highest BCUT2D eigenvalue weighted by Gasteiger charge is 2.27. The van der Waals surface area contributed by atoms with Crippen molar-refractivity contribution < 1.29 is 0 Å². The zero-order chi connectivity index (χ0) is 99.1. The van der Waals surface area contributed by atoms with E-state index in [4.69, 9.17) is 39.9 Å². The molecule has 14 nitrogen and oxygen atoms in total. The molecule has 12 heterocycles. The topological polar surface area (TPSA) is 133 Å². The summed E-state index contributed by atoms with van der Waals surface area (Å²) in [5, 5.41) is 10.7. The molecule has 0 saturated heterocycles. The first-order valence-electron chi connectivity index (χ1n) is 50.5. The quantitative estimate of drug-likeness (QED) is 0.0991. The van der Waals surface area contributed by atoms with Gasteiger partial charge in [0, 0.05) is 118 Å². The monoisotopic (exact) mass is 1920 g/mol. The van der Waals surface area contributed by atoms with Crippen LogP contribution in [0, 0.1) is 0 Å². The van der Waals surface area contributed by atoms with Gasteiger partial charge in [-0.05, 0) is 203 Å². The third-order valence-electron chi connectivity index (χ3n) is 29.0. The van der Waals surface area contributed by atoms with Gasteiger partial charge in [0.25, 0.3) is 0 Å². The van der Waals surface area contributed by atoms with Crippen LogP contribution in [0.3, 0.4) is 0 Å². The van der Waals surface area contributed by atoms with E-state index in [2.05, 4.69) is 434 Å². The number of rotatable bonds is 15. The molecule has 18 aromatic carbocycles. The highest BCUT2D eigenvalue weighted by molar-refractivity contribution is 6.16. The summed E-state index contributed by atoms with van der Waals surface area (Å²) in [6.45, 7) is 0. The number of para-hydroxylation sites is 6. The van der Waals surface area contributed by atoms with E-state index >= 15 is 0 Å². The lowest BCUT2D eigenvalue weighted by atomic mass is 10.0. The van der Waals surface area contributed by atoms with Crippen LogP contribution in [0.2, 0.25) is 0 Å². The average molecular weight is 1920 g/mol. The second-order valence-electron chi connectivity index (χ2n) is 37.7. The van der Waals surface area contributed by atoms with Crippen molar-refractivity contribution in [1.29, 1.82) is 0 Å². The van der Waals surface area contributed by atoms with Gasteiger partial charge in [-0.1, -0.05) is 340 Å². The maximum Gasteiger partial charge on any atom is 0.235 e. The van der Waals surface area contributed by atoms with Gasteiger partial charge in [0.15, 0.2) is 5.82 Å². The molecule has 30 aromatic rings. The SMILES string of the molecule is c1ccc(-c2cc(-c3ccccc3)nc(-n3c4ccc(-c5ccc6c7ccccc7n(-c7ccccc7)c6c5)cc4c4ncccc43)n2)cc1.c1ccc(-c2cc(-n3c4ccc(-c5ccc6c(c5)c5ccccc5n6-c5ccccc5)cc4c4ncccc43)cc(-c3ccccc3)n2)cc1.c1ccc(-c2ncc(-n3c4ccc(-c5ccc6c7ccccc7n(-c7ccccc7)c6c5)cc4c4ncccc43)c(-c3ccccc3)n2)cc1. The van der Waals surface area contributed by atoms with E-state index in [0.29, 0.717) is 11.8 Å².